The van der Waals surface area contributed by atoms with E-state index in [1.807, 2.05) is 0 Å². The average molecular weight is 246 g/mol. The molecule has 0 amide bonds. The van der Waals surface area contributed by atoms with E-state index in [1.54, 1.807) is 0 Å². The molecule has 0 spiro atoms. The third-order valence-electron chi connectivity index (χ3n) is 4.62. The molecule has 18 heavy (non-hydrogen) atoms. The standard InChI is InChI=1S/C17H26O/c1-4-14-9-11-17(18,12-10-14)16-7-5-15(6-8-16)13(2)3/h5-8,13-14,18H,4,9-12H2,1-3H3. The molecular formula is C17H26O. The second-order valence-corrected chi connectivity index (χ2v) is 6.16. The van der Waals surface area contributed by atoms with Gasteiger partial charge in [-0.3, -0.25) is 0 Å². The maximum atomic E-state index is 10.8. The van der Waals surface area contributed by atoms with E-state index in [-0.39, 0.29) is 0 Å². The maximum absolute atomic E-state index is 10.8. The Kier molecular flexibility index (Phi) is 4.11. The van der Waals surface area contributed by atoms with Gasteiger partial charge in [-0.05, 0) is 48.6 Å². The molecule has 1 aliphatic carbocycles. The monoisotopic (exact) mass is 246 g/mol. The molecule has 0 aliphatic heterocycles. The smallest absolute Gasteiger partial charge is 0.0896 e. The fraction of sp³-hybridized carbons (Fsp3) is 0.647. The van der Waals surface area contributed by atoms with E-state index < -0.39 is 5.60 Å². The predicted octanol–water partition coefficient (Wildman–Crippen LogP) is 4.60. The van der Waals surface area contributed by atoms with Gasteiger partial charge in [0.2, 0.25) is 0 Å². The Balaban J connectivity index is 2.11. The summed E-state index contributed by atoms with van der Waals surface area (Å²) in [5.74, 6) is 1.38. The topological polar surface area (TPSA) is 20.2 Å². The number of aliphatic hydroxyl groups is 1. The van der Waals surface area contributed by atoms with Gasteiger partial charge in [0.1, 0.15) is 0 Å². The van der Waals surface area contributed by atoms with Crippen LogP contribution in [0.5, 0.6) is 0 Å². The Labute approximate surface area is 111 Å². The zero-order chi connectivity index (χ0) is 13.2. The summed E-state index contributed by atoms with van der Waals surface area (Å²) >= 11 is 0. The molecule has 1 saturated carbocycles. The largest absolute Gasteiger partial charge is 0.385 e. The Morgan fingerprint density at radius 2 is 1.72 bits per heavy atom. The van der Waals surface area contributed by atoms with Crippen molar-refractivity contribution < 1.29 is 5.11 Å². The van der Waals surface area contributed by atoms with Gasteiger partial charge in [0, 0.05) is 0 Å². The van der Waals surface area contributed by atoms with Crippen LogP contribution in [0.3, 0.4) is 0 Å². The summed E-state index contributed by atoms with van der Waals surface area (Å²) in [6.45, 7) is 6.67. The van der Waals surface area contributed by atoms with Crippen molar-refractivity contribution in [3.8, 4) is 0 Å². The van der Waals surface area contributed by atoms with Crippen molar-refractivity contribution in [1.82, 2.24) is 0 Å². The third-order valence-corrected chi connectivity index (χ3v) is 4.62. The minimum atomic E-state index is -0.568. The maximum Gasteiger partial charge on any atom is 0.0896 e. The lowest BCUT2D eigenvalue weighted by molar-refractivity contribution is -0.0145. The highest BCUT2D eigenvalue weighted by molar-refractivity contribution is 5.29. The number of hydrogen-bond acceptors (Lipinski definition) is 1. The number of benzene rings is 1. The summed E-state index contributed by atoms with van der Waals surface area (Å²) in [7, 11) is 0. The zero-order valence-corrected chi connectivity index (χ0v) is 11.9. The van der Waals surface area contributed by atoms with Gasteiger partial charge in [0.15, 0.2) is 0 Å². The van der Waals surface area contributed by atoms with E-state index in [0.29, 0.717) is 5.92 Å². The van der Waals surface area contributed by atoms with Gasteiger partial charge in [-0.25, -0.2) is 0 Å². The van der Waals surface area contributed by atoms with Gasteiger partial charge in [0.25, 0.3) is 0 Å². The fourth-order valence-electron chi connectivity index (χ4n) is 3.03. The van der Waals surface area contributed by atoms with E-state index in [4.69, 9.17) is 0 Å². The molecule has 1 aromatic rings. The molecule has 100 valence electrons. The molecule has 0 bridgehead atoms. The van der Waals surface area contributed by atoms with E-state index in [1.165, 1.54) is 24.8 Å². The molecule has 1 N–H and O–H groups in total. The molecule has 1 aliphatic rings. The van der Waals surface area contributed by atoms with Crippen LogP contribution in [0.25, 0.3) is 0 Å². The lowest BCUT2D eigenvalue weighted by Gasteiger charge is -2.36. The lowest BCUT2D eigenvalue weighted by atomic mass is 9.74. The first-order valence-electron chi connectivity index (χ1n) is 7.38. The van der Waals surface area contributed by atoms with Crippen LogP contribution in [0.1, 0.15) is 69.9 Å². The summed E-state index contributed by atoms with van der Waals surface area (Å²) < 4.78 is 0. The van der Waals surface area contributed by atoms with Crippen molar-refractivity contribution in [3.05, 3.63) is 35.4 Å². The van der Waals surface area contributed by atoms with E-state index >= 15 is 0 Å². The molecule has 0 heterocycles. The molecule has 0 saturated heterocycles. The average Bonchev–Trinajstić information content (AvgIpc) is 2.40. The van der Waals surface area contributed by atoms with Crippen molar-refractivity contribution in [2.75, 3.05) is 0 Å². The molecule has 1 aromatic carbocycles. The summed E-state index contributed by atoms with van der Waals surface area (Å²) in [6, 6.07) is 8.59. The van der Waals surface area contributed by atoms with Gasteiger partial charge in [0.05, 0.1) is 5.60 Å². The van der Waals surface area contributed by atoms with Gasteiger partial charge < -0.3 is 5.11 Å². The predicted molar refractivity (Wildman–Crippen MR) is 76.7 cm³/mol. The Morgan fingerprint density at radius 3 is 2.17 bits per heavy atom. The van der Waals surface area contributed by atoms with Crippen molar-refractivity contribution in [3.63, 3.8) is 0 Å². The number of hydrogen-bond donors (Lipinski definition) is 1. The van der Waals surface area contributed by atoms with Crippen molar-refractivity contribution in [2.45, 2.75) is 64.4 Å². The Bertz CT molecular complexity index is 369. The molecule has 0 unspecified atom stereocenters. The molecule has 2 rings (SSSR count). The Morgan fingerprint density at radius 1 is 1.17 bits per heavy atom. The molecule has 0 atom stereocenters. The van der Waals surface area contributed by atoms with Crippen molar-refractivity contribution in [2.24, 2.45) is 5.92 Å². The quantitative estimate of drug-likeness (QED) is 0.826. The summed E-state index contributed by atoms with van der Waals surface area (Å²) in [6.07, 6.45) is 5.43. The molecule has 1 nitrogen and oxygen atoms in total. The van der Waals surface area contributed by atoms with Gasteiger partial charge in [-0.15, -0.1) is 0 Å². The van der Waals surface area contributed by atoms with E-state index in [9.17, 15) is 5.11 Å². The Hall–Kier alpha value is -0.820. The summed E-state index contributed by atoms with van der Waals surface area (Å²) in [5, 5.41) is 10.8. The van der Waals surface area contributed by atoms with Crippen LogP contribution < -0.4 is 0 Å². The lowest BCUT2D eigenvalue weighted by Crippen LogP contribution is -2.31. The molecule has 0 aromatic heterocycles. The summed E-state index contributed by atoms with van der Waals surface area (Å²) in [5.41, 5.74) is 1.90. The van der Waals surface area contributed by atoms with E-state index in [0.717, 1.165) is 24.3 Å². The summed E-state index contributed by atoms with van der Waals surface area (Å²) in [4.78, 5) is 0. The molecule has 1 fully saturated rings. The SMILES string of the molecule is CCC1CCC(O)(c2ccc(C(C)C)cc2)CC1. The zero-order valence-electron chi connectivity index (χ0n) is 11.9. The minimum absolute atomic E-state index is 0.560. The number of rotatable bonds is 3. The van der Waals surface area contributed by atoms with Crippen LogP contribution in [0.4, 0.5) is 0 Å². The molecule has 1 heteroatoms. The first-order chi connectivity index (χ1) is 8.55. The second kappa shape index (κ2) is 5.44. The highest BCUT2D eigenvalue weighted by atomic mass is 16.3. The van der Waals surface area contributed by atoms with Crippen LogP contribution in [-0.4, -0.2) is 5.11 Å². The molecule has 0 radical (unpaired) electrons. The molecular weight excluding hydrogens is 220 g/mol. The van der Waals surface area contributed by atoms with E-state index in [2.05, 4.69) is 45.0 Å². The fourth-order valence-corrected chi connectivity index (χ4v) is 3.03. The third kappa shape index (κ3) is 2.77. The van der Waals surface area contributed by atoms with Gasteiger partial charge in [-0.1, -0.05) is 51.5 Å². The van der Waals surface area contributed by atoms with Crippen LogP contribution in [0.15, 0.2) is 24.3 Å². The van der Waals surface area contributed by atoms with Crippen LogP contribution in [0.2, 0.25) is 0 Å². The first kappa shape index (κ1) is 13.6. The van der Waals surface area contributed by atoms with Crippen molar-refractivity contribution in [1.29, 1.82) is 0 Å². The van der Waals surface area contributed by atoms with Gasteiger partial charge >= 0.3 is 0 Å². The normalized spacial score (nSPS) is 28.6. The van der Waals surface area contributed by atoms with Crippen LogP contribution in [0, 0.1) is 5.92 Å². The van der Waals surface area contributed by atoms with Crippen LogP contribution >= 0.6 is 0 Å². The van der Waals surface area contributed by atoms with Crippen molar-refractivity contribution >= 4 is 0 Å². The van der Waals surface area contributed by atoms with Gasteiger partial charge in [-0.2, -0.15) is 0 Å². The first-order valence-corrected chi connectivity index (χ1v) is 7.38. The highest BCUT2D eigenvalue weighted by Gasteiger charge is 2.34. The minimum Gasteiger partial charge on any atom is -0.385 e. The second-order valence-electron chi connectivity index (χ2n) is 6.16. The van der Waals surface area contributed by atoms with Crippen LogP contribution in [-0.2, 0) is 5.60 Å². The highest BCUT2D eigenvalue weighted by Crippen LogP contribution is 2.40.